The van der Waals surface area contributed by atoms with Crippen molar-refractivity contribution in [3.05, 3.63) is 34.9 Å². The second-order valence-electron chi connectivity index (χ2n) is 7.13. The summed E-state index contributed by atoms with van der Waals surface area (Å²) in [5, 5.41) is 3.27. The maximum atomic E-state index is 12.7. The molecule has 2 aliphatic heterocycles. The van der Waals surface area contributed by atoms with Crippen LogP contribution < -0.4 is 11.1 Å². The highest BCUT2D eigenvalue weighted by Gasteiger charge is 2.27. The molecular formula is C19H27ClN4O3. The lowest BCUT2D eigenvalue weighted by molar-refractivity contribution is -0.133. The van der Waals surface area contributed by atoms with E-state index in [2.05, 4.69) is 10.2 Å². The van der Waals surface area contributed by atoms with Crippen LogP contribution in [0.1, 0.15) is 30.9 Å². The highest BCUT2D eigenvalue weighted by atomic mass is 35.5. The molecule has 2 aliphatic rings. The number of carbonyl (C=O) groups is 2. The highest BCUT2D eigenvalue weighted by Crippen LogP contribution is 2.21. The Bertz CT molecular complexity index is 641. The molecule has 0 radical (unpaired) electrons. The van der Waals surface area contributed by atoms with Gasteiger partial charge in [0.2, 0.25) is 5.91 Å². The summed E-state index contributed by atoms with van der Waals surface area (Å²) in [4.78, 5) is 28.3. The fraction of sp³-hybridized carbons (Fsp3) is 0.579. The van der Waals surface area contributed by atoms with Gasteiger partial charge in [-0.25, -0.2) is 4.79 Å². The van der Waals surface area contributed by atoms with Gasteiger partial charge in [0, 0.05) is 44.4 Å². The van der Waals surface area contributed by atoms with E-state index in [-0.39, 0.29) is 12.3 Å². The number of ether oxygens (including phenoxy) is 1. The number of primary amides is 1. The molecule has 0 spiro atoms. The summed E-state index contributed by atoms with van der Waals surface area (Å²) < 4.78 is 5.69. The van der Waals surface area contributed by atoms with Gasteiger partial charge in [0.25, 0.3) is 0 Å². The number of rotatable bonds is 6. The van der Waals surface area contributed by atoms with Gasteiger partial charge in [-0.05, 0) is 30.5 Å². The third-order valence-electron chi connectivity index (χ3n) is 5.18. The van der Waals surface area contributed by atoms with Crippen molar-refractivity contribution in [3.8, 4) is 0 Å². The summed E-state index contributed by atoms with van der Waals surface area (Å²) in [6.07, 6.45) is 2.78. The van der Waals surface area contributed by atoms with Crippen molar-refractivity contribution in [2.24, 2.45) is 5.73 Å². The number of carbonyl (C=O) groups excluding carboxylic acids is 2. The molecule has 3 rings (SSSR count). The molecule has 0 aliphatic carbocycles. The second kappa shape index (κ2) is 9.39. The normalized spacial score (nSPS) is 21.8. The minimum atomic E-state index is -0.649. The van der Waals surface area contributed by atoms with E-state index in [1.54, 1.807) is 24.3 Å². The van der Waals surface area contributed by atoms with Crippen LogP contribution in [0.5, 0.6) is 0 Å². The number of urea groups is 1. The molecule has 3 N–H and O–H groups in total. The Hall–Kier alpha value is -1.83. The Morgan fingerprint density at radius 1 is 1.22 bits per heavy atom. The van der Waals surface area contributed by atoms with Gasteiger partial charge in [0.05, 0.1) is 18.6 Å². The smallest absolute Gasteiger partial charge is 0.312 e. The summed E-state index contributed by atoms with van der Waals surface area (Å²) in [5.74, 6) is 0.0143. The van der Waals surface area contributed by atoms with Crippen LogP contribution in [0.25, 0.3) is 0 Å². The molecule has 0 bridgehead atoms. The Morgan fingerprint density at radius 2 is 1.93 bits per heavy atom. The molecule has 2 saturated heterocycles. The molecule has 0 saturated carbocycles. The van der Waals surface area contributed by atoms with Crippen molar-refractivity contribution in [1.29, 1.82) is 0 Å². The predicted molar refractivity (Wildman–Crippen MR) is 104 cm³/mol. The predicted octanol–water partition coefficient (Wildman–Crippen LogP) is 1.76. The van der Waals surface area contributed by atoms with Crippen molar-refractivity contribution < 1.29 is 14.3 Å². The number of halogens is 1. The molecule has 7 nitrogen and oxygen atoms in total. The van der Waals surface area contributed by atoms with Crippen LogP contribution in [0.2, 0.25) is 5.02 Å². The number of amides is 3. The SMILES string of the molecule is NC(=O)N[C@H](CC(=O)N1CCN(C[C@@H]2CCCO2)CC1)c1ccc(Cl)cc1. The van der Waals surface area contributed by atoms with Crippen molar-refractivity contribution in [2.75, 3.05) is 39.3 Å². The lowest BCUT2D eigenvalue weighted by Gasteiger charge is -2.36. The monoisotopic (exact) mass is 394 g/mol. The first-order valence-corrected chi connectivity index (χ1v) is 9.82. The molecule has 27 heavy (non-hydrogen) atoms. The van der Waals surface area contributed by atoms with E-state index in [9.17, 15) is 9.59 Å². The van der Waals surface area contributed by atoms with Gasteiger partial charge in [-0.2, -0.15) is 0 Å². The van der Waals surface area contributed by atoms with Gasteiger partial charge in [-0.3, -0.25) is 9.69 Å². The zero-order valence-electron chi connectivity index (χ0n) is 15.4. The van der Waals surface area contributed by atoms with Crippen molar-refractivity contribution in [1.82, 2.24) is 15.1 Å². The fourth-order valence-electron chi connectivity index (χ4n) is 3.68. The van der Waals surface area contributed by atoms with Crippen molar-refractivity contribution in [3.63, 3.8) is 0 Å². The largest absolute Gasteiger partial charge is 0.377 e. The topological polar surface area (TPSA) is 87.9 Å². The minimum absolute atomic E-state index is 0.0143. The summed E-state index contributed by atoms with van der Waals surface area (Å²) in [6, 6.07) is 5.97. The molecule has 1 aromatic carbocycles. The Kier molecular flexibility index (Phi) is 6.93. The third-order valence-corrected chi connectivity index (χ3v) is 5.43. The van der Waals surface area contributed by atoms with Gasteiger partial charge in [-0.15, -0.1) is 0 Å². The molecule has 8 heteroatoms. The van der Waals surface area contributed by atoms with Crippen LogP contribution in [-0.4, -0.2) is 67.2 Å². The zero-order chi connectivity index (χ0) is 19.2. The molecule has 148 valence electrons. The number of nitrogens with zero attached hydrogens (tertiary/aromatic N) is 2. The molecule has 2 atom stereocenters. The van der Waals surface area contributed by atoms with Gasteiger partial charge >= 0.3 is 6.03 Å². The Balaban J connectivity index is 1.52. The quantitative estimate of drug-likeness (QED) is 0.769. The average molecular weight is 395 g/mol. The van der Waals surface area contributed by atoms with Gasteiger partial charge in [0.1, 0.15) is 0 Å². The number of hydrogen-bond donors (Lipinski definition) is 2. The minimum Gasteiger partial charge on any atom is -0.377 e. The number of nitrogens with two attached hydrogens (primary N) is 1. The second-order valence-corrected chi connectivity index (χ2v) is 7.57. The van der Waals surface area contributed by atoms with Crippen LogP contribution in [-0.2, 0) is 9.53 Å². The zero-order valence-corrected chi connectivity index (χ0v) is 16.2. The first kappa shape index (κ1) is 19.9. The standard InChI is InChI=1S/C19H27ClN4O3/c20-15-5-3-14(4-6-15)17(22-19(21)26)12-18(25)24-9-7-23(8-10-24)13-16-2-1-11-27-16/h3-6,16-17H,1-2,7-13H2,(H3,21,22,26)/t16-,17+/m0/s1. The van der Waals surface area contributed by atoms with Crippen LogP contribution in [0.15, 0.2) is 24.3 Å². The highest BCUT2D eigenvalue weighted by molar-refractivity contribution is 6.30. The molecule has 0 aromatic heterocycles. The van der Waals surface area contributed by atoms with Gasteiger partial charge < -0.3 is 20.7 Å². The number of benzene rings is 1. The number of hydrogen-bond acceptors (Lipinski definition) is 4. The van der Waals surface area contributed by atoms with Crippen LogP contribution >= 0.6 is 11.6 Å². The summed E-state index contributed by atoms with van der Waals surface area (Å²) >= 11 is 5.92. The summed E-state index contributed by atoms with van der Waals surface area (Å²) in [7, 11) is 0. The fourth-order valence-corrected chi connectivity index (χ4v) is 3.80. The van der Waals surface area contributed by atoms with E-state index >= 15 is 0 Å². The molecule has 2 heterocycles. The van der Waals surface area contributed by atoms with Gasteiger partial charge in [0.15, 0.2) is 0 Å². The van der Waals surface area contributed by atoms with E-state index in [1.165, 1.54) is 0 Å². The summed E-state index contributed by atoms with van der Waals surface area (Å²) in [5.41, 5.74) is 6.10. The van der Waals surface area contributed by atoms with E-state index in [0.29, 0.717) is 24.2 Å². The molecule has 1 aromatic rings. The van der Waals surface area contributed by atoms with Crippen LogP contribution in [0.4, 0.5) is 4.79 Å². The number of nitrogens with one attached hydrogen (secondary N) is 1. The Morgan fingerprint density at radius 3 is 2.52 bits per heavy atom. The molecule has 0 unspecified atom stereocenters. The third kappa shape index (κ3) is 5.82. The summed E-state index contributed by atoms with van der Waals surface area (Å²) in [6.45, 7) is 4.88. The maximum absolute atomic E-state index is 12.7. The van der Waals surface area contributed by atoms with Crippen molar-refractivity contribution in [2.45, 2.75) is 31.4 Å². The number of piperazine rings is 1. The van der Waals surface area contributed by atoms with E-state index in [1.807, 2.05) is 4.90 Å². The van der Waals surface area contributed by atoms with E-state index in [4.69, 9.17) is 22.1 Å². The maximum Gasteiger partial charge on any atom is 0.312 e. The lowest BCUT2D eigenvalue weighted by atomic mass is 10.0. The molecule has 2 fully saturated rings. The van der Waals surface area contributed by atoms with Crippen LogP contribution in [0.3, 0.4) is 0 Å². The lowest BCUT2D eigenvalue weighted by Crippen LogP contribution is -2.51. The van der Waals surface area contributed by atoms with Crippen LogP contribution in [0, 0.1) is 0 Å². The van der Waals surface area contributed by atoms with E-state index < -0.39 is 12.1 Å². The van der Waals surface area contributed by atoms with E-state index in [0.717, 1.165) is 44.6 Å². The molecular weight excluding hydrogens is 368 g/mol. The first-order chi connectivity index (χ1) is 13.0. The molecule has 3 amide bonds. The van der Waals surface area contributed by atoms with Gasteiger partial charge in [-0.1, -0.05) is 23.7 Å². The Labute approximate surface area is 164 Å². The average Bonchev–Trinajstić information content (AvgIpc) is 3.15. The van der Waals surface area contributed by atoms with Crippen molar-refractivity contribution >= 4 is 23.5 Å². The first-order valence-electron chi connectivity index (χ1n) is 9.44.